The SMILES string of the molecule is Cc1cc(S(=O)(=O)N2CCC(C(C)(C)C)C2)sc1CCl. The molecule has 0 spiro atoms. The third-order valence-corrected chi connectivity index (χ3v) is 8.07. The first-order chi connectivity index (χ1) is 9.16. The number of sulfonamides is 1. The van der Waals surface area contributed by atoms with E-state index in [9.17, 15) is 8.42 Å². The molecule has 3 nitrogen and oxygen atoms in total. The van der Waals surface area contributed by atoms with Crippen LogP contribution in [0.1, 0.15) is 37.6 Å². The van der Waals surface area contributed by atoms with Gasteiger partial charge in [-0.1, -0.05) is 20.8 Å². The van der Waals surface area contributed by atoms with E-state index >= 15 is 0 Å². The molecule has 1 aromatic rings. The van der Waals surface area contributed by atoms with Gasteiger partial charge in [0.1, 0.15) is 4.21 Å². The van der Waals surface area contributed by atoms with Crippen LogP contribution in [0.2, 0.25) is 0 Å². The Kier molecular flexibility index (Phi) is 4.55. The quantitative estimate of drug-likeness (QED) is 0.787. The molecule has 1 aromatic heterocycles. The highest BCUT2D eigenvalue weighted by Gasteiger charge is 2.38. The van der Waals surface area contributed by atoms with Crippen LogP contribution in [0.5, 0.6) is 0 Å². The Hall–Kier alpha value is -0.100. The maximum absolute atomic E-state index is 12.7. The molecule has 114 valence electrons. The molecule has 6 heteroatoms. The number of rotatable bonds is 3. The zero-order valence-electron chi connectivity index (χ0n) is 12.4. The average Bonchev–Trinajstić information content (AvgIpc) is 2.94. The molecule has 1 unspecified atom stereocenters. The van der Waals surface area contributed by atoms with Gasteiger partial charge in [-0.15, -0.1) is 22.9 Å². The maximum atomic E-state index is 12.7. The largest absolute Gasteiger partial charge is 0.252 e. The summed E-state index contributed by atoms with van der Waals surface area (Å²) in [6, 6.07) is 1.75. The van der Waals surface area contributed by atoms with Crippen molar-refractivity contribution in [3.05, 3.63) is 16.5 Å². The highest BCUT2D eigenvalue weighted by molar-refractivity contribution is 7.91. The van der Waals surface area contributed by atoms with E-state index in [1.807, 2.05) is 6.92 Å². The lowest BCUT2D eigenvalue weighted by Crippen LogP contribution is -2.30. The fraction of sp³-hybridized carbons (Fsp3) is 0.714. The molecule has 1 aliphatic heterocycles. The summed E-state index contributed by atoms with van der Waals surface area (Å²) in [4.78, 5) is 0.941. The van der Waals surface area contributed by atoms with Crippen molar-refractivity contribution in [3.8, 4) is 0 Å². The van der Waals surface area contributed by atoms with Crippen LogP contribution in [0.4, 0.5) is 0 Å². The Labute approximate surface area is 131 Å². The topological polar surface area (TPSA) is 37.4 Å². The molecule has 0 saturated carbocycles. The van der Waals surface area contributed by atoms with Crippen LogP contribution >= 0.6 is 22.9 Å². The van der Waals surface area contributed by atoms with Gasteiger partial charge in [-0.25, -0.2) is 8.42 Å². The molecule has 0 bridgehead atoms. The normalized spacial score (nSPS) is 21.6. The summed E-state index contributed by atoms with van der Waals surface area (Å²) in [5.41, 5.74) is 1.12. The van der Waals surface area contributed by atoms with Gasteiger partial charge in [-0.3, -0.25) is 0 Å². The van der Waals surface area contributed by atoms with E-state index in [0.717, 1.165) is 16.9 Å². The molecule has 0 aliphatic carbocycles. The van der Waals surface area contributed by atoms with Crippen molar-refractivity contribution in [2.75, 3.05) is 13.1 Å². The van der Waals surface area contributed by atoms with E-state index in [1.54, 1.807) is 10.4 Å². The van der Waals surface area contributed by atoms with E-state index in [2.05, 4.69) is 20.8 Å². The Bertz CT molecular complexity index is 587. The van der Waals surface area contributed by atoms with E-state index in [0.29, 0.717) is 29.1 Å². The first-order valence-corrected chi connectivity index (χ1v) is 9.61. The van der Waals surface area contributed by atoms with Crippen LogP contribution in [-0.4, -0.2) is 25.8 Å². The molecule has 0 radical (unpaired) electrons. The van der Waals surface area contributed by atoms with Gasteiger partial charge >= 0.3 is 0 Å². The highest BCUT2D eigenvalue weighted by atomic mass is 35.5. The van der Waals surface area contributed by atoms with Crippen LogP contribution in [0.15, 0.2) is 10.3 Å². The van der Waals surface area contributed by atoms with Crippen LogP contribution in [0.3, 0.4) is 0 Å². The van der Waals surface area contributed by atoms with Crippen molar-refractivity contribution in [2.24, 2.45) is 11.3 Å². The number of halogens is 1. The second-order valence-corrected chi connectivity index (χ2v) is 10.1. The summed E-state index contributed by atoms with van der Waals surface area (Å²) in [5.74, 6) is 0.794. The summed E-state index contributed by atoms with van der Waals surface area (Å²) in [6.45, 7) is 9.68. The molecule has 20 heavy (non-hydrogen) atoms. The summed E-state index contributed by atoms with van der Waals surface area (Å²) in [7, 11) is -3.35. The van der Waals surface area contributed by atoms with Crippen molar-refractivity contribution in [1.82, 2.24) is 4.31 Å². The molecule has 1 aliphatic rings. The van der Waals surface area contributed by atoms with Gasteiger partial charge in [-0.2, -0.15) is 4.31 Å². The smallest absolute Gasteiger partial charge is 0.206 e. The van der Waals surface area contributed by atoms with Crippen LogP contribution < -0.4 is 0 Å². The first kappa shape index (κ1) is 16.3. The van der Waals surface area contributed by atoms with Gasteiger partial charge in [0, 0.05) is 18.0 Å². The lowest BCUT2D eigenvalue weighted by Gasteiger charge is -2.26. The predicted molar refractivity (Wildman–Crippen MR) is 84.9 cm³/mol. The van der Waals surface area contributed by atoms with Gasteiger partial charge in [0.2, 0.25) is 0 Å². The van der Waals surface area contributed by atoms with Crippen molar-refractivity contribution in [3.63, 3.8) is 0 Å². The third-order valence-electron chi connectivity index (χ3n) is 4.09. The number of alkyl halides is 1. The summed E-state index contributed by atoms with van der Waals surface area (Å²) >= 11 is 7.14. The summed E-state index contributed by atoms with van der Waals surface area (Å²) in [5, 5.41) is 0. The number of hydrogen-bond donors (Lipinski definition) is 0. The highest BCUT2D eigenvalue weighted by Crippen LogP contribution is 2.37. The van der Waals surface area contributed by atoms with Crippen molar-refractivity contribution in [2.45, 2.75) is 44.2 Å². The number of aryl methyl sites for hydroxylation is 1. The molecule has 0 N–H and O–H groups in total. The van der Waals surface area contributed by atoms with E-state index < -0.39 is 10.0 Å². The monoisotopic (exact) mass is 335 g/mol. The minimum atomic E-state index is -3.35. The Balaban J connectivity index is 2.23. The number of hydrogen-bond acceptors (Lipinski definition) is 3. The Morgan fingerprint density at radius 1 is 1.45 bits per heavy atom. The summed E-state index contributed by atoms with van der Waals surface area (Å²) < 4.78 is 27.4. The van der Waals surface area contributed by atoms with Crippen molar-refractivity contribution in [1.29, 1.82) is 0 Å². The molecule has 0 amide bonds. The predicted octanol–water partition coefficient (Wildman–Crippen LogP) is 3.85. The molecule has 1 atom stereocenters. The van der Waals surface area contributed by atoms with E-state index in [1.165, 1.54) is 11.3 Å². The second-order valence-electron chi connectivity index (χ2n) is 6.52. The van der Waals surface area contributed by atoms with Crippen LogP contribution in [0, 0.1) is 18.3 Å². The summed E-state index contributed by atoms with van der Waals surface area (Å²) in [6.07, 6.45) is 0.940. The minimum Gasteiger partial charge on any atom is -0.206 e. The maximum Gasteiger partial charge on any atom is 0.252 e. The van der Waals surface area contributed by atoms with Gasteiger partial charge in [0.05, 0.1) is 5.88 Å². The fourth-order valence-corrected chi connectivity index (χ4v) is 6.00. The van der Waals surface area contributed by atoms with E-state index in [-0.39, 0.29) is 5.41 Å². The third kappa shape index (κ3) is 3.06. The van der Waals surface area contributed by atoms with Gasteiger partial charge in [0.25, 0.3) is 10.0 Å². The standard InChI is InChI=1S/C14H22ClNO2S2/c1-10-7-13(19-12(10)8-15)20(17,18)16-6-5-11(9-16)14(2,3)4/h7,11H,5-6,8-9H2,1-4H3. The molecule has 2 heterocycles. The molecule has 1 saturated heterocycles. The number of thiophene rings is 1. The van der Waals surface area contributed by atoms with Gasteiger partial charge in [0.15, 0.2) is 0 Å². The zero-order valence-corrected chi connectivity index (χ0v) is 14.8. The molecular formula is C14H22ClNO2S2. The number of nitrogens with zero attached hydrogens (tertiary/aromatic N) is 1. The van der Waals surface area contributed by atoms with Crippen LogP contribution in [-0.2, 0) is 15.9 Å². The fourth-order valence-electron chi connectivity index (χ4n) is 2.53. The Morgan fingerprint density at radius 3 is 2.55 bits per heavy atom. The Morgan fingerprint density at radius 2 is 2.10 bits per heavy atom. The molecule has 0 aromatic carbocycles. The second kappa shape index (κ2) is 5.59. The lowest BCUT2D eigenvalue weighted by molar-refractivity contribution is 0.252. The zero-order chi connectivity index (χ0) is 15.1. The lowest BCUT2D eigenvalue weighted by atomic mass is 9.80. The van der Waals surface area contributed by atoms with Gasteiger partial charge < -0.3 is 0 Å². The van der Waals surface area contributed by atoms with Crippen molar-refractivity contribution < 1.29 is 8.42 Å². The molecule has 2 rings (SSSR count). The van der Waals surface area contributed by atoms with Crippen molar-refractivity contribution >= 4 is 33.0 Å². The van der Waals surface area contributed by atoms with Crippen LogP contribution in [0.25, 0.3) is 0 Å². The molecule has 1 fully saturated rings. The first-order valence-electron chi connectivity index (χ1n) is 6.81. The minimum absolute atomic E-state index is 0.150. The van der Waals surface area contributed by atoms with E-state index in [4.69, 9.17) is 11.6 Å². The van der Waals surface area contributed by atoms with Gasteiger partial charge in [-0.05, 0) is 36.3 Å². The molecular weight excluding hydrogens is 314 g/mol. The average molecular weight is 336 g/mol.